The summed E-state index contributed by atoms with van der Waals surface area (Å²) in [5.41, 5.74) is 1.43. The molecule has 0 aliphatic rings. The summed E-state index contributed by atoms with van der Waals surface area (Å²) in [6, 6.07) is 7.89. The van der Waals surface area contributed by atoms with Crippen molar-refractivity contribution in [2.75, 3.05) is 0 Å². The van der Waals surface area contributed by atoms with Crippen LogP contribution in [0, 0.1) is 5.82 Å². The van der Waals surface area contributed by atoms with Gasteiger partial charge in [0.15, 0.2) is 0 Å². The third-order valence-electron chi connectivity index (χ3n) is 2.31. The topological polar surface area (TPSA) is 46.0 Å². The van der Waals surface area contributed by atoms with Gasteiger partial charge in [-0.1, -0.05) is 12.1 Å². The van der Waals surface area contributed by atoms with Crippen LogP contribution in [0.15, 0.2) is 42.7 Å². The molecule has 1 aromatic carbocycles. The molecule has 0 amide bonds. The van der Waals surface area contributed by atoms with Crippen molar-refractivity contribution in [3.63, 3.8) is 0 Å². The molecule has 16 heavy (non-hydrogen) atoms. The molecule has 3 nitrogen and oxygen atoms in total. The van der Waals surface area contributed by atoms with Crippen LogP contribution >= 0.6 is 0 Å². The van der Waals surface area contributed by atoms with E-state index in [0.29, 0.717) is 12.0 Å². The van der Waals surface area contributed by atoms with Gasteiger partial charge in [-0.2, -0.15) is 10.2 Å². The number of aliphatic hydroxyl groups is 1. The van der Waals surface area contributed by atoms with Gasteiger partial charge in [-0.3, -0.25) is 0 Å². The standard InChI is InChI=1S/C12H11FN2O/c13-11-3-1-2-9(6-11)7-12(16)10-4-5-14-15-8-10/h1-6,8,12,16H,7H2. The Kier molecular flexibility index (Phi) is 3.22. The first-order chi connectivity index (χ1) is 7.75. The number of aromatic nitrogens is 2. The molecule has 82 valence electrons. The molecule has 1 atom stereocenters. The number of halogens is 1. The van der Waals surface area contributed by atoms with Gasteiger partial charge in [0.05, 0.1) is 12.3 Å². The number of hydrogen-bond donors (Lipinski definition) is 1. The van der Waals surface area contributed by atoms with Gasteiger partial charge < -0.3 is 5.11 Å². The molecule has 0 aliphatic heterocycles. The van der Waals surface area contributed by atoms with Crippen molar-refractivity contribution in [3.8, 4) is 0 Å². The summed E-state index contributed by atoms with van der Waals surface area (Å²) in [6.07, 6.45) is 2.70. The van der Waals surface area contributed by atoms with Crippen molar-refractivity contribution in [2.24, 2.45) is 0 Å². The number of nitrogens with zero attached hydrogens (tertiary/aromatic N) is 2. The van der Waals surface area contributed by atoms with E-state index in [0.717, 1.165) is 5.56 Å². The van der Waals surface area contributed by atoms with Crippen molar-refractivity contribution in [3.05, 3.63) is 59.7 Å². The number of aliphatic hydroxyl groups excluding tert-OH is 1. The Bertz CT molecular complexity index is 462. The molecule has 4 heteroatoms. The van der Waals surface area contributed by atoms with Crippen molar-refractivity contribution in [2.45, 2.75) is 12.5 Å². The van der Waals surface area contributed by atoms with E-state index in [1.54, 1.807) is 18.2 Å². The van der Waals surface area contributed by atoms with Crippen molar-refractivity contribution >= 4 is 0 Å². The van der Waals surface area contributed by atoms with Gasteiger partial charge in [0.25, 0.3) is 0 Å². The predicted molar refractivity (Wildman–Crippen MR) is 57.1 cm³/mol. The lowest BCUT2D eigenvalue weighted by Gasteiger charge is -2.09. The first-order valence-electron chi connectivity index (χ1n) is 4.95. The molecule has 2 rings (SSSR count). The molecule has 1 aromatic heterocycles. The third kappa shape index (κ3) is 2.61. The van der Waals surface area contributed by atoms with Crippen LogP contribution in [0.1, 0.15) is 17.2 Å². The highest BCUT2D eigenvalue weighted by Gasteiger charge is 2.08. The van der Waals surface area contributed by atoms with E-state index in [9.17, 15) is 9.50 Å². The highest BCUT2D eigenvalue weighted by Crippen LogP contribution is 2.17. The van der Waals surface area contributed by atoms with E-state index in [1.807, 2.05) is 0 Å². The van der Waals surface area contributed by atoms with E-state index in [2.05, 4.69) is 10.2 Å². The van der Waals surface area contributed by atoms with E-state index in [4.69, 9.17) is 0 Å². The van der Waals surface area contributed by atoms with Crippen LogP contribution in [0.4, 0.5) is 4.39 Å². The fourth-order valence-electron chi connectivity index (χ4n) is 1.50. The Balaban J connectivity index is 2.11. The smallest absolute Gasteiger partial charge is 0.123 e. The zero-order valence-corrected chi connectivity index (χ0v) is 8.55. The Hall–Kier alpha value is -1.81. The third-order valence-corrected chi connectivity index (χ3v) is 2.31. The van der Waals surface area contributed by atoms with Crippen LogP contribution < -0.4 is 0 Å². The molecule has 0 saturated heterocycles. The molecule has 0 fully saturated rings. The van der Waals surface area contributed by atoms with Crippen LogP contribution in [0.2, 0.25) is 0 Å². The molecule has 0 saturated carbocycles. The largest absolute Gasteiger partial charge is 0.388 e. The minimum Gasteiger partial charge on any atom is -0.388 e. The maximum Gasteiger partial charge on any atom is 0.123 e. The molecule has 1 heterocycles. The van der Waals surface area contributed by atoms with E-state index < -0.39 is 6.10 Å². The highest BCUT2D eigenvalue weighted by molar-refractivity contribution is 5.20. The Morgan fingerprint density at radius 1 is 1.25 bits per heavy atom. The summed E-state index contributed by atoms with van der Waals surface area (Å²) in [6.45, 7) is 0. The average Bonchev–Trinajstić information content (AvgIpc) is 2.30. The predicted octanol–water partition coefficient (Wildman–Crippen LogP) is 1.89. The summed E-state index contributed by atoms with van der Waals surface area (Å²) < 4.78 is 12.9. The van der Waals surface area contributed by atoms with Crippen LogP contribution in [0.3, 0.4) is 0 Å². The molecular formula is C12H11FN2O. The van der Waals surface area contributed by atoms with Crippen LogP contribution in [-0.4, -0.2) is 15.3 Å². The lowest BCUT2D eigenvalue weighted by Crippen LogP contribution is -2.02. The SMILES string of the molecule is OC(Cc1cccc(F)c1)c1ccnnc1. The quantitative estimate of drug-likeness (QED) is 0.855. The van der Waals surface area contributed by atoms with Crippen LogP contribution in [0.25, 0.3) is 0 Å². The molecule has 0 radical (unpaired) electrons. The second-order valence-electron chi connectivity index (χ2n) is 3.53. The highest BCUT2D eigenvalue weighted by atomic mass is 19.1. The Labute approximate surface area is 92.6 Å². The molecular weight excluding hydrogens is 207 g/mol. The van der Waals surface area contributed by atoms with Gasteiger partial charge in [-0.25, -0.2) is 4.39 Å². The van der Waals surface area contributed by atoms with Gasteiger partial charge >= 0.3 is 0 Å². The first kappa shape index (κ1) is 10.7. The van der Waals surface area contributed by atoms with E-state index >= 15 is 0 Å². The summed E-state index contributed by atoms with van der Waals surface area (Å²) in [4.78, 5) is 0. The van der Waals surface area contributed by atoms with Gasteiger partial charge in [0.1, 0.15) is 5.82 Å². The Morgan fingerprint density at radius 2 is 2.12 bits per heavy atom. The average molecular weight is 218 g/mol. The minimum atomic E-state index is -0.683. The number of rotatable bonds is 3. The van der Waals surface area contributed by atoms with Gasteiger partial charge in [-0.15, -0.1) is 0 Å². The fourth-order valence-corrected chi connectivity index (χ4v) is 1.50. The summed E-state index contributed by atoms with van der Waals surface area (Å²) in [5, 5.41) is 17.2. The normalized spacial score (nSPS) is 12.4. The lowest BCUT2D eigenvalue weighted by molar-refractivity contribution is 0.177. The number of hydrogen-bond acceptors (Lipinski definition) is 3. The van der Waals surface area contributed by atoms with E-state index in [-0.39, 0.29) is 5.82 Å². The maximum absolute atomic E-state index is 12.9. The molecule has 2 aromatic rings. The monoisotopic (exact) mass is 218 g/mol. The van der Waals surface area contributed by atoms with Gasteiger partial charge in [0.2, 0.25) is 0 Å². The van der Waals surface area contributed by atoms with Crippen LogP contribution in [-0.2, 0) is 6.42 Å². The summed E-state index contributed by atoms with van der Waals surface area (Å²) in [7, 11) is 0. The molecule has 0 spiro atoms. The van der Waals surface area contributed by atoms with Crippen molar-refractivity contribution < 1.29 is 9.50 Å². The second-order valence-corrected chi connectivity index (χ2v) is 3.53. The maximum atomic E-state index is 12.9. The minimum absolute atomic E-state index is 0.294. The lowest BCUT2D eigenvalue weighted by atomic mass is 10.0. The van der Waals surface area contributed by atoms with Gasteiger partial charge in [-0.05, 0) is 23.8 Å². The number of benzene rings is 1. The van der Waals surface area contributed by atoms with Gasteiger partial charge in [0, 0.05) is 18.2 Å². The fraction of sp³-hybridized carbons (Fsp3) is 0.167. The first-order valence-corrected chi connectivity index (χ1v) is 4.95. The van der Waals surface area contributed by atoms with Crippen LogP contribution in [0.5, 0.6) is 0 Å². The van der Waals surface area contributed by atoms with Crippen molar-refractivity contribution in [1.29, 1.82) is 0 Å². The Morgan fingerprint density at radius 3 is 2.81 bits per heavy atom. The molecule has 0 aliphatic carbocycles. The second kappa shape index (κ2) is 4.81. The zero-order chi connectivity index (χ0) is 11.4. The molecule has 0 bridgehead atoms. The zero-order valence-electron chi connectivity index (χ0n) is 8.55. The molecule has 1 N–H and O–H groups in total. The summed E-state index contributed by atoms with van der Waals surface area (Å²) >= 11 is 0. The molecule has 1 unspecified atom stereocenters. The summed E-state index contributed by atoms with van der Waals surface area (Å²) in [5.74, 6) is -0.294. The van der Waals surface area contributed by atoms with Crippen molar-refractivity contribution in [1.82, 2.24) is 10.2 Å². The van der Waals surface area contributed by atoms with E-state index in [1.165, 1.54) is 24.5 Å².